The summed E-state index contributed by atoms with van der Waals surface area (Å²) in [6.45, 7) is 7.70. The number of amides is 1. The smallest absolute Gasteiger partial charge is 0.236 e. The van der Waals surface area contributed by atoms with Crippen LogP contribution in [0, 0.1) is 5.92 Å². The lowest BCUT2D eigenvalue weighted by molar-refractivity contribution is -0.116. The molecular weight excluding hydrogens is 310 g/mol. The zero-order valence-electron chi connectivity index (χ0n) is 11.5. The SMILES string of the molecule is CCNc1ncc(Br)c(N(CC(N)=O)CC(C)C)n1. The first-order chi connectivity index (χ1) is 8.93. The van der Waals surface area contributed by atoms with Crippen molar-refractivity contribution in [3.8, 4) is 0 Å². The monoisotopic (exact) mass is 329 g/mol. The molecule has 0 saturated heterocycles. The van der Waals surface area contributed by atoms with E-state index in [1.54, 1.807) is 6.20 Å². The fraction of sp³-hybridized carbons (Fsp3) is 0.583. The Morgan fingerprint density at radius 3 is 2.79 bits per heavy atom. The molecule has 0 atom stereocenters. The second kappa shape index (κ2) is 7.28. The van der Waals surface area contributed by atoms with Crippen molar-refractivity contribution in [1.82, 2.24) is 9.97 Å². The lowest BCUT2D eigenvalue weighted by Gasteiger charge is -2.25. The van der Waals surface area contributed by atoms with Gasteiger partial charge in [-0.25, -0.2) is 4.98 Å². The Balaban J connectivity index is 3.04. The molecule has 1 aromatic rings. The molecule has 1 heterocycles. The Morgan fingerprint density at radius 1 is 1.58 bits per heavy atom. The number of carbonyl (C=O) groups is 1. The Hall–Kier alpha value is -1.37. The fourth-order valence-corrected chi connectivity index (χ4v) is 2.12. The van der Waals surface area contributed by atoms with Crippen molar-refractivity contribution in [3.05, 3.63) is 10.7 Å². The third-order valence-corrected chi connectivity index (χ3v) is 2.85. The summed E-state index contributed by atoms with van der Waals surface area (Å²) in [4.78, 5) is 21.6. The number of hydrogen-bond donors (Lipinski definition) is 2. The van der Waals surface area contributed by atoms with Crippen molar-refractivity contribution in [2.24, 2.45) is 11.7 Å². The maximum absolute atomic E-state index is 11.2. The van der Waals surface area contributed by atoms with Crippen LogP contribution in [0.15, 0.2) is 10.7 Å². The minimum Gasteiger partial charge on any atom is -0.368 e. The second-order valence-corrected chi connectivity index (χ2v) is 5.49. The average Bonchev–Trinajstić information content (AvgIpc) is 2.30. The number of primary amides is 1. The molecule has 0 spiro atoms. The highest BCUT2D eigenvalue weighted by molar-refractivity contribution is 9.10. The van der Waals surface area contributed by atoms with Gasteiger partial charge in [-0.3, -0.25) is 4.79 Å². The van der Waals surface area contributed by atoms with Crippen molar-refractivity contribution in [2.75, 3.05) is 29.9 Å². The number of rotatable bonds is 7. The van der Waals surface area contributed by atoms with E-state index in [0.29, 0.717) is 24.2 Å². The van der Waals surface area contributed by atoms with Gasteiger partial charge in [-0.05, 0) is 28.8 Å². The van der Waals surface area contributed by atoms with Gasteiger partial charge in [-0.1, -0.05) is 13.8 Å². The van der Waals surface area contributed by atoms with Crippen LogP contribution in [0.2, 0.25) is 0 Å². The van der Waals surface area contributed by atoms with Crippen molar-refractivity contribution < 1.29 is 4.79 Å². The average molecular weight is 330 g/mol. The largest absolute Gasteiger partial charge is 0.368 e. The molecule has 0 aliphatic heterocycles. The number of carbonyl (C=O) groups excluding carboxylic acids is 1. The number of nitrogens with one attached hydrogen (secondary N) is 1. The van der Waals surface area contributed by atoms with E-state index in [0.717, 1.165) is 11.0 Å². The van der Waals surface area contributed by atoms with E-state index in [-0.39, 0.29) is 12.5 Å². The molecule has 3 N–H and O–H groups in total. The molecule has 6 nitrogen and oxygen atoms in total. The summed E-state index contributed by atoms with van der Waals surface area (Å²) in [5.74, 6) is 1.23. The van der Waals surface area contributed by atoms with E-state index >= 15 is 0 Å². The molecule has 0 aliphatic carbocycles. The highest BCUT2D eigenvalue weighted by atomic mass is 79.9. The van der Waals surface area contributed by atoms with Crippen LogP contribution in [0.4, 0.5) is 11.8 Å². The number of nitrogens with zero attached hydrogens (tertiary/aromatic N) is 3. The molecule has 7 heteroatoms. The van der Waals surface area contributed by atoms with Crippen molar-refractivity contribution >= 4 is 33.6 Å². The van der Waals surface area contributed by atoms with Gasteiger partial charge in [-0.15, -0.1) is 0 Å². The molecule has 0 radical (unpaired) electrons. The first-order valence-electron chi connectivity index (χ1n) is 6.23. The number of aromatic nitrogens is 2. The highest BCUT2D eigenvalue weighted by Gasteiger charge is 2.16. The lowest BCUT2D eigenvalue weighted by Crippen LogP contribution is -2.37. The van der Waals surface area contributed by atoms with Gasteiger partial charge in [0.25, 0.3) is 0 Å². The molecule has 0 fully saturated rings. The minimum absolute atomic E-state index is 0.138. The van der Waals surface area contributed by atoms with Gasteiger partial charge in [0.2, 0.25) is 11.9 Å². The lowest BCUT2D eigenvalue weighted by atomic mass is 10.2. The van der Waals surface area contributed by atoms with Gasteiger partial charge >= 0.3 is 0 Å². The maximum Gasteiger partial charge on any atom is 0.236 e. The van der Waals surface area contributed by atoms with Crippen LogP contribution in [0.1, 0.15) is 20.8 Å². The summed E-state index contributed by atoms with van der Waals surface area (Å²) in [6.07, 6.45) is 1.68. The molecule has 0 aliphatic rings. The van der Waals surface area contributed by atoms with Crippen LogP contribution < -0.4 is 16.0 Å². The highest BCUT2D eigenvalue weighted by Crippen LogP contribution is 2.24. The third-order valence-electron chi connectivity index (χ3n) is 2.29. The molecule has 1 rings (SSSR count). The molecule has 106 valence electrons. The van der Waals surface area contributed by atoms with Crippen molar-refractivity contribution in [2.45, 2.75) is 20.8 Å². The zero-order chi connectivity index (χ0) is 14.4. The molecular formula is C12H20BrN5O. The number of anilines is 2. The van der Waals surface area contributed by atoms with Crippen LogP contribution in [0.5, 0.6) is 0 Å². The molecule has 0 bridgehead atoms. The first-order valence-corrected chi connectivity index (χ1v) is 7.03. The van der Waals surface area contributed by atoms with Gasteiger partial charge in [0, 0.05) is 19.3 Å². The Bertz CT molecular complexity index is 438. The summed E-state index contributed by atoms with van der Waals surface area (Å²) in [6, 6.07) is 0. The predicted molar refractivity (Wildman–Crippen MR) is 80.1 cm³/mol. The van der Waals surface area contributed by atoms with Gasteiger partial charge in [0.05, 0.1) is 11.0 Å². The van der Waals surface area contributed by atoms with E-state index in [1.165, 1.54) is 0 Å². The van der Waals surface area contributed by atoms with Gasteiger partial charge in [-0.2, -0.15) is 4.98 Å². The molecule has 0 aromatic carbocycles. The Labute approximate surface area is 121 Å². The summed E-state index contributed by atoms with van der Waals surface area (Å²) < 4.78 is 0.746. The van der Waals surface area contributed by atoms with Crippen LogP contribution in [0.25, 0.3) is 0 Å². The summed E-state index contributed by atoms with van der Waals surface area (Å²) in [5, 5.41) is 3.05. The third kappa shape index (κ3) is 5.02. The molecule has 1 amide bonds. The summed E-state index contributed by atoms with van der Waals surface area (Å²) >= 11 is 3.42. The first kappa shape index (κ1) is 15.7. The van der Waals surface area contributed by atoms with E-state index in [1.807, 2.05) is 11.8 Å². The summed E-state index contributed by atoms with van der Waals surface area (Å²) in [7, 11) is 0. The second-order valence-electron chi connectivity index (χ2n) is 4.64. The minimum atomic E-state index is -0.379. The van der Waals surface area contributed by atoms with Gasteiger partial charge in [0.15, 0.2) is 0 Å². The fourth-order valence-electron chi connectivity index (χ4n) is 1.68. The van der Waals surface area contributed by atoms with Crippen LogP contribution in [0.3, 0.4) is 0 Å². The zero-order valence-corrected chi connectivity index (χ0v) is 13.1. The number of hydrogen-bond acceptors (Lipinski definition) is 5. The van der Waals surface area contributed by atoms with E-state index in [4.69, 9.17) is 5.73 Å². The Morgan fingerprint density at radius 2 is 2.26 bits per heavy atom. The predicted octanol–water partition coefficient (Wildman–Crippen LogP) is 1.62. The van der Waals surface area contributed by atoms with Crippen molar-refractivity contribution in [3.63, 3.8) is 0 Å². The normalized spacial score (nSPS) is 10.6. The van der Waals surface area contributed by atoms with E-state index < -0.39 is 0 Å². The topological polar surface area (TPSA) is 84.1 Å². The number of halogens is 1. The Kier molecular flexibility index (Phi) is 6.01. The molecule has 0 unspecified atom stereocenters. The standard InChI is InChI=1S/C12H20BrN5O/c1-4-15-12-16-5-9(13)11(17-12)18(6-8(2)3)7-10(14)19/h5,8H,4,6-7H2,1-3H3,(H2,14,19)(H,15,16,17). The molecule has 19 heavy (non-hydrogen) atoms. The quantitative estimate of drug-likeness (QED) is 0.794. The van der Waals surface area contributed by atoms with Crippen molar-refractivity contribution in [1.29, 1.82) is 0 Å². The van der Waals surface area contributed by atoms with Crippen LogP contribution in [-0.2, 0) is 4.79 Å². The molecule has 1 aromatic heterocycles. The van der Waals surface area contributed by atoms with Crippen LogP contribution >= 0.6 is 15.9 Å². The summed E-state index contributed by atoms with van der Waals surface area (Å²) in [5.41, 5.74) is 5.30. The van der Waals surface area contributed by atoms with Gasteiger partial charge in [0.1, 0.15) is 5.82 Å². The van der Waals surface area contributed by atoms with Crippen LogP contribution in [-0.4, -0.2) is 35.5 Å². The van der Waals surface area contributed by atoms with E-state index in [2.05, 4.69) is 45.1 Å². The molecule has 0 saturated carbocycles. The maximum atomic E-state index is 11.2. The van der Waals surface area contributed by atoms with Gasteiger partial charge < -0.3 is 16.0 Å². The van der Waals surface area contributed by atoms with E-state index in [9.17, 15) is 4.79 Å². The number of nitrogens with two attached hydrogens (primary N) is 1.